The van der Waals surface area contributed by atoms with Gasteiger partial charge >= 0.3 is 0 Å². The number of ether oxygens (including phenoxy) is 1. The molecule has 0 saturated heterocycles. The highest BCUT2D eigenvalue weighted by Crippen LogP contribution is 2.22. The Labute approximate surface area is 104 Å². The Kier molecular flexibility index (Phi) is 4.25. The van der Waals surface area contributed by atoms with Gasteiger partial charge in [-0.3, -0.25) is 9.59 Å². The first kappa shape index (κ1) is 13.7. The third kappa shape index (κ3) is 4.54. The van der Waals surface area contributed by atoms with Gasteiger partial charge in [-0.1, -0.05) is 0 Å². The summed E-state index contributed by atoms with van der Waals surface area (Å²) in [6.45, 7) is 5.53. The Morgan fingerprint density at radius 2 is 2.12 bits per heavy atom. The van der Waals surface area contributed by atoms with Crippen molar-refractivity contribution in [3.8, 4) is 0 Å². The lowest BCUT2D eigenvalue weighted by Crippen LogP contribution is -2.27. The number of nitrogens with two attached hydrogens (primary N) is 1. The van der Waals surface area contributed by atoms with Gasteiger partial charge in [0.25, 0.3) is 11.8 Å². The van der Waals surface area contributed by atoms with Gasteiger partial charge in [0.05, 0.1) is 11.2 Å². The van der Waals surface area contributed by atoms with Crippen molar-refractivity contribution in [1.82, 2.24) is 0 Å². The van der Waals surface area contributed by atoms with E-state index in [1.807, 2.05) is 20.8 Å². The Bertz CT molecular complexity index is 421. The Morgan fingerprint density at radius 3 is 2.65 bits per heavy atom. The number of hydrogen-bond donors (Lipinski definition) is 2. The molecule has 94 valence electrons. The lowest BCUT2D eigenvalue weighted by atomic mass is 10.2. The molecule has 0 saturated carbocycles. The van der Waals surface area contributed by atoms with Crippen molar-refractivity contribution in [2.24, 2.45) is 5.73 Å². The molecule has 0 aliphatic heterocycles. The van der Waals surface area contributed by atoms with E-state index >= 15 is 0 Å². The van der Waals surface area contributed by atoms with Crippen LogP contribution in [0.2, 0.25) is 0 Å². The maximum Gasteiger partial charge on any atom is 0.251 e. The summed E-state index contributed by atoms with van der Waals surface area (Å²) in [5.41, 5.74) is 5.11. The van der Waals surface area contributed by atoms with Gasteiger partial charge in [0.2, 0.25) is 0 Å². The monoisotopic (exact) mass is 256 g/mol. The molecule has 6 heteroatoms. The van der Waals surface area contributed by atoms with Crippen LogP contribution < -0.4 is 11.1 Å². The zero-order valence-electron chi connectivity index (χ0n) is 10.1. The van der Waals surface area contributed by atoms with Gasteiger partial charge in [0, 0.05) is 0 Å². The van der Waals surface area contributed by atoms with E-state index in [2.05, 4.69) is 5.32 Å². The van der Waals surface area contributed by atoms with Crippen molar-refractivity contribution in [3.05, 3.63) is 17.0 Å². The molecule has 0 aromatic carbocycles. The number of anilines is 1. The number of amides is 2. The van der Waals surface area contributed by atoms with E-state index < -0.39 is 5.91 Å². The Hall–Kier alpha value is -1.40. The molecule has 1 aromatic rings. The first-order valence-corrected chi connectivity index (χ1v) is 5.98. The molecule has 0 aliphatic rings. The second-order valence-corrected chi connectivity index (χ2v) is 5.39. The van der Waals surface area contributed by atoms with Crippen LogP contribution in [0.25, 0.3) is 0 Å². The Morgan fingerprint density at radius 1 is 1.47 bits per heavy atom. The highest BCUT2D eigenvalue weighted by atomic mass is 32.1. The summed E-state index contributed by atoms with van der Waals surface area (Å²) in [5, 5.41) is 4.75. The lowest BCUT2D eigenvalue weighted by molar-refractivity contribution is -0.125. The summed E-state index contributed by atoms with van der Waals surface area (Å²) in [5.74, 6) is -0.858. The van der Waals surface area contributed by atoms with Crippen LogP contribution in [0.4, 0.5) is 5.00 Å². The summed E-state index contributed by atoms with van der Waals surface area (Å²) in [6.07, 6.45) is 0. The summed E-state index contributed by atoms with van der Waals surface area (Å²) in [4.78, 5) is 22.6. The maximum absolute atomic E-state index is 11.6. The molecule has 1 heterocycles. The molecular weight excluding hydrogens is 240 g/mol. The number of carbonyl (C=O) groups excluding carboxylic acids is 2. The minimum absolute atomic E-state index is 0.0560. The normalized spacial score (nSPS) is 11.2. The minimum Gasteiger partial charge on any atom is -0.366 e. The summed E-state index contributed by atoms with van der Waals surface area (Å²) in [6, 6.07) is 1.58. The molecule has 0 aliphatic carbocycles. The molecule has 0 fully saturated rings. The fourth-order valence-electron chi connectivity index (χ4n) is 1.04. The first-order chi connectivity index (χ1) is 7.79. The van der Waals surface area contributed by atoms with Gasteiger partial charge in [-0.2, -0.15) is 0 Å². The molecule has 0 bridgehead atoms. The van der Waals surface area contributed by atoms with Crippen molar-refractivity contribution in [2.75, 3.05) is 11.9 Å². The van der Waals surface area contributed by atoms with Crippen LogP contribution in [-0.4, -0.2) is 24.0 Å². The van der Waals surface area contributed by atoms with Crippen molar-refractivity contribution >= 4 is 28.2 Å². The van der Waals surface area contributed by atoms with Crippen LogP contribution in [0.15, 0.2) is 11.4 Å². The number of rotatable bonds is 4. The van der Waals surface area contributed by atoms with E-state index in [9.17, 15) is 9.59 Å². The highest BCUT2D eigenvalue weighted by molar-refractivity contribution is 7.14. The van der Waals surface area contributed by atoms with E-state index in [0.717, 1.165) is 0 Å². The zero-order chi connectivity index (χ0) is 13.1. The van der Waals surface area contributed by atoms with Gasteiger partial charge in [-0.05, 0) is 32.2 Å². The third-order valence-corrected chi connectivity index (χ3v) is 2.65. The molecule has 0 spiro atoms. The second kappa shape index (κ2) is 5.29. The van der Waals surface area contributed by atoms with Gasteiger partial charge in [-0.15, -0.1) is 11.3 Å². The zero-order valence-corrected chi connectivity index (χ0v) is 10.9. The molecular formula is C11H16N2O3S. The van der Waals surface area contributed by atoms with E-state index in [-0.39, 0.29) is 18.1 Å². The topological polar surface area (TPSA) is 81.4 Å². The molecule has 5 nitrogen and oxygen atoms in total. The molecule has 3 N–H and O–H groups in total. The number of carbonyl (C=O) groups is 2. The van der Waals surface area contributed by atoms with E-state index in [0.29, 0.717) is 10.6 Å². The molecule has 0 atom stereocenters. The minimum atomic E-state index is -0.557. The van der Waals surface area contributed by atoms with Crippen LogP contribution >= 0.6 is 11.3 Å². The van der Waals surface area contributed by atoms with Crippen LogP contribution in [0.5, 0.6) is 0 Å². The van der Waals surface area contributed by atoms with Gasteiger partial charge in [0.15, 0.2) is 0 Å². The molecule has 1 rings (SSSR count). The van der Waals surface area contributed by atoms with Crippen LogP contribution in [0.3, 0.4) is 0 Å². The SMILES string of the molecule is CC(C)(C)OCC(=O)Nc1sccc1C(N)=O. The van der Waals surface area contributed by atoms with Gasteiger partial charge in [0.1, 0.15) is 11.6 Å². The van der Waals surface area contributed by atoms with Crippen molar-refractivity contribution < 1.29 is 14.3 Å². The fourth-order valence-corrected chi connectivity index (χ4v) is 1.85. The summed E-state index contributed by atoms with van der Waals surface area (Å²) >= 11 is 1.25. The molecule has 2 amide bonds. The van der Waals surface area contributed by atoms with Crippen LogP contribution in [-0.2, 0) is 9.53 Å². The van der Waals surface area contributed by atoms with Gasteiger partial charge < -0.3 is 15.8 Å². The fraction of sp³-hybridized carbons (Fsp3) is 0.455. The first-order valence-electron chi connectivity index (χ1n) is 5.11. The second-order valence-electron chi connectivity index (χ2n) is 4.48. The van der Waals surface area contributed by atoms with Crippen molar-refractivity contribution in [2.45, 2.75) is 26.4 Å². The van der Waals surface area contributed by atoms with Crippen molar-refractivity contribution in [1.29, 1.82) is 0 Å². The van der Waals surface area contributed by atoms with Crippen molar-refractivity contribution in [3.63, 3.8) is 0 Å². The van der Waals surface area contributed by atoms with E-state index in [4.69, 9.17) is 10.5 Å². The number of nitrogens with one attached hydrogen (secondary N) is 1. The molecule has 0 radical (unpaired) electrons. The number of thiophene rings is 1. The standard InChI is InChI=1S/C11H16N2O3S/c1-11(2,3)16-6-8(14)13-10-7(9(12)15)4-5-17-10/h4-5H,6H2,1-3H3,(H2,12,15)(H,13,14). The van der Waals surface area contributed by atoms with Crippen LogP contribution in [0.1, 0.15) is 31.1 Å². The van der Waals surface area contributed by atoms with E-state index in [1.54, 1.807) is 11.4 Å². The largest absolute Gasteiger partial charge is 0.366 e. The van der Waals surface area contributed by atoms with Gasteiger partial charge in [-0.25, -0.2) is 0 Å². The third-order valence-electron chi connectivity index (χ3n) is 1.82. The maximum atomic E-state index is 11.6. The quantitative estimate of drug-likeness (QED) is 0.858. The van der Waals surface area contributed by atoms with Crippen LogP contribution in [0, 0.1) is 0 Å². The molecule has 0 unspecified atom stereocenters. The Balaban J connectivity index is 2.57. The molecule has 17 heavy (non-hydrogen) atoms. The lowest BCUT2D eigenvalue weighted by Gasteiger charge is -2.18. The average molecular weight is 256 g/mol. The smallest absolute Gasteiger partial charge is 0.251 e. The highest BCUT2D eigenvalue weighted by Gasteiger charge is 2.15. The van der Waals surface area contributed by atoms with E-state index in [1.165, 1.54) is 11.3 Å². The number of primary amides is 1. The number of hydrogen-bond acceptors (Lipinski definition) is 4. The molecule has 1 aromatic heterocycles. The summed E-state index contributed by atoms with van der Waals surface area (Å²) < 4.78 is 5.32. The average Bonchev–Trinajstić information content (AvgIpc) is 2.62. The summed E-state index contributed by atoms with van der Waals surface area (Å²) in [7, 11) is 0. The predicted octanol–water partition coefficient (Wildman–Crippen LogP) is 1.60. The predicted molar refractivity (Wildman–Crippen MR) is 67.2 cm³/mol.